The van der Waals surface area contributed by atoms with Gasteiger partial charge in [-0.15, -0.1) is 0 Å². The molecular weight excluding hydrogens is 242 g/mol. The number of carbonyl (C=O) groups excluding carboxylic acids is 1. The number of pyridine rings is 2. The van der Waals surface area contributed by atoms with Gasteiger partial charge in [-0.1, -0.05) is 6.07 Å². The standard InChI is InChI=1S/C14H15N3O2/c1-9(2)17-7-10(12-5-3-4-6-16-12)13(18)11(8-17)14(15)19/h3-9H,1-2H3,(H2,15,19). The van der Waals surface area contributed by atoms with Gasteiger partial charge in [-0.25, -0.2) is 0 Å². The van der Waals surface area contributed by atoms with Gasteiger partial charge in [0.15, 0.2) is 0 Å². The molecule has 5 heteroatoms. The first-order valence-corrected chi connectivity index (χ1v) is 5.97. The van der Waals surface area contributed by atoms with Crippen molar-refractivity contribution in [2.45, 2.75) is 19.9 Å². The molecule has 2 rings (SSSR count). The second kappa shape index (κ2) is 5.06. The van der Waals surface area contributed by atoms with E-state index in [-0.39, 0.29) is 17.0 Å². The zero-order valence-corrected chi connectivity index (χ0v) is 10.8. The summed E-state index contributed by atoms with van der Waals surface area (Å²) >= 11 is 0. The molecule has 5 nitrogen and oxygen atoms in total. The van der Waals surface area contributed by atoms with E-state index >= 15 is 0 Å². The Hall–Kier alpha value is -2.43. The molecule has 0 fully saturated rings. The first-order chi connectivity index (χ1) is 9.00. The Morgan fingerprint density at radius 2 is 2.05 bits per heavy atom. The lowest BCUT2D eigenvalue weighted by Gasteiger charge is -2.13. The number of carbonyl (C=O) groups is 1. The quantitative estimate of drug-likeness (QED) is 0.906. The number of rotatable bonds is 3. The van der Waals surface area contributed by atoms with Gasteiger partial charge in [0.2, 0.25) is 5.43 Å². The van der Waals surface area contributed by atoms with Gasteiger partial charge in [-0.2, -0.15) is 0 Å². The van der Waals surface area contributed by atoms with Crippen LogP contribution in [-0.2, 0) is 0 Å². The molecule has 0 aliphatic rings. The summed E-state index contributed by atoms with van der Waals surface area (Å²) in [4.78, 5) is 27.7. The third-order valence-corrected chi connectivity index (χ3v) is 2.85. The van der Waals surface area contributed by atoms with Gasteiger partial charge in [-0.3, -0.25) is 14.6 Å². The fraction of sp³-hybridized carbons (Fsp3) is 0.214. The molecule has 0 saturated heterocycles. The van der Waals surface area contributed by atoms with Crippen LogP contribution in [0.2, 0.25) is 0 Å². The molecule has 0 aliphatic heterocycles. The number of nitrogens with two attached hydrogens (primary N) is 1. The van der Waals surface area contributed by atoms with Gasteiger partial charge in [0.1, 0.15) is 5.56 Å². The minimum absolute atomic E-state index is 0.0168. The number of amides is 1. The normalized spacial score (nSPS) is 10.7. The van der Waals surface area contributed by atoms with Crippen LogP contribution in [0.3, 0.4) is 0 Å². The van der Waals surface area contributed by atoms with Crippen LogP contribution < -0.4 is 11.2 Å². The van der Waals surface area contributed by atoms with Gasteiger partial charge in [0, 0.05) is 24.6 Å². The Kier molecular flexibility index (Phi) is 3.46. The molecule has 2 aromatic heterocycles. The van der Waals surface area contributed by atoms with E-state index in [2.05, 4.69) is 4.98 Å². The number of primary amides is 1. The summed E-state index contributed by atoms with van der Waals surface area (Å²) in [5, 5.41) is 0. The molecule has 0 atom stereocenters. The van der Waals surface area contributed by atoms with Crippen molar-refractivity contribution < 1.29 is 4.79 Å². The van der Waals surface area contributed by atoms with E-state index in [0.717, 1.165) is 0 Å². The molecule has 0 spiro atoms. The molecule has 0 aromatic carbocycles. The van der Waals surface area contributed by atoms with Crippen LogP contribution in [0.25, 0.3) is 11.3 Å². The van der Waals surface area contributed by atoms with Crippen LogP contribution >= 0.6 is 0 Å². The smallest absolute Gasteiger partial charge is 0.254 e. The highest BCUT2D eigenvalue weighted by Gasteiger charge is 2.15. The summed E-state index contributed by atoms with van der Waals surface area (Å²) in [6.45, 7) is 3.91. The lowest BCUT2D eigenvalue weighted by atomic mass is 10.1. The molecule has 0 saturated carbocycles. The number of aromatic nitrogens is 2. The second-order valence-corrected chi connectivity index (χ2v) is 4.53. The second-order valence-electron chi connectivity index (χ2n) is 4.53. The summed E-state index contributed by atoms with van der Waals surface area (Å²) in [5.41, 5.74) is 5.77. The lowest BCUT2D eigenvalue weighted by Crippen LogP contribution is -2.25. The topological polar surface area (TPSA) is 78.0 Å². The van der Waals surface area contributed by atoms with E-state index in [0.29, 0.717) is 11.3 Å². The third kappa shape index (κ3) is 2.54. The van der Waals surface area contributed by atoms with Crippen LogP contribution in [0.1, 0.15) is 30.2 Å². The van der Waals surface area contributed by atoms with E-state index in [1.54, 1.807) is 35.2 Å². The van der Waals surface area contributed by atoms with E-state index in [4.69, 9.17) is 5.73 Å². The third-order valence-electron chi connectivity index (χ3n) is 2.85. The van der Waals surface area contributed by atoms with Crippen molar-refractivity contribution in [2.24, 2.45) is 5.73 Å². The van der Waals surface area contributed by atoms with Crippen LogP contribution in [0.5, 0.6) is 0 Å². The van der Waals surface area contributed by atoms with Gasteiger partial charge in [-0.05, 0) is 26.0 Å². The lowest BCUT2D eigenvalue weighted by molar-refractivity contribution is 0.0998. The Balaban J connectivity index is 2.73. The largest absolute Gasteiger partial charge is 0.365 e. The van der Waals surface area contributed by atoms with E-state index < -0.39 is 5.91 Å². The zero-order valence-electron chi connectivity index (χ0n) is 10.8. The molecule has 2 aromatic rings. The van der Waals surface area contributed by atoms with E-state index in [1.165, 1.54) is 6.20 Å². The minimum Gasteiger partial charge on any atom is -0.365 e. The zero-order chi connectivity index (χ0) is 14.0. The molecule has 0 radical (unpaired) electrons. The number of hydrogen-bond donors (Lipinski definition) is 1. The number of nitrogens with zero attached hydrogens (tertiary/aromatic N) is 2. The molecule has 19 heavy (non-hydrogen) atoms. The van der Waals surface area contributed by atoms with Crippen LogP contribution in [0, 0.1) is 0 Å². The maximum absolute atomic E-state index is 12.2. The minimum atomic E-state index is -0.725. The van der Waals surface area contributed by atoms with E-state index in [9.17, 15) is 9.59 Å². The van der Waals surface area contributed by atoms with Crippen molar-refractivity contribution in [1.29, 1.82) is 0 Å². The van der Waals surface area contributed by atoms with Crippen LogP contribution in [-0.4, -0.2) is 15.5 Å². The summed E-state index contributed by atoms with van der Waals surface area (Å²) in [6, 6.07) is 5.40. The summed E-state index contributed by atoms with van der Waals surface area (Å²) in [5.74, 6) is -0.725. The Morgan fingerprint density at radius 3 is 2.58 bits per heavy atom. The van der Waals surface area contributed by atoms with Crippen LogP contribution in [0.15, 0.2) is 41.6 Å². The van der Waals surface area contributed by atoms with Crippen molar-refractivity contribution in [1.82, 2.24) is 9.55 Å². The fourth-order valence-electron chi connectivity index (χ4n) is 1.78. The highest BCUT2D eigenvalue weighted by atomic mass is 16.2. The predicted molar refractivity (Wildman–Crippen MR) is 72.8 cm³/mol. The molecule has 0 aliphatic carbocycles. The van der Waals surface area contributed by atoms with Gasteiger partial charge in [0.25, 0.3) is 5.91 Å². The van der Waals surface area contributed by atoms with Crippen molar-refractivity contribution in [3.05, 3.63) is 52.6 Å². The van der Waals surface area contributed by atoms with Gasteiger partial charge >= 0.3 is 0 Å². The molecule has 0 unspecified atom stereocenters. The highest BCUT2D eigenvalue weighted by Crippen LogP contribution is 2.15. The monoisotopic (exact) mass is 257 g/mol. The first kappa shape index (κ1) is 13.0. The molecular formula is C14H15N3O2. The Bertz CT molecular complexity index is 660. The van der Waals surface area contributed by atoms with Gasteiger partial charge in [0.05, 0.1) is 11.3 Å². The first-order valence-electron chi connectivity index (χ1n) is 5.97. The maximum atomic E-state index is 12.2. The summed E-state index contributed by atoms with van der Waals surface area (Å²) < 4.78 is 1.78. The molecule has 98 valence electrons. The number of hydrogen-bond acceptors (Lipinski definition) is 3. The molecule has 1 amide bonds. The average molecular weight is 257 g/mol. The van der Waals surface area contributed by atoms with Crippen molar-refractivity contribution in [3.63, 3.8) is 0 Å². The fourth-order valence-corrected chi connectivity index (χ4v) is 1.78. The maximum Gasteiger partial charge on any atom is 0.254 e. The summed E-state index contributed by atoms with van der Waals surface area (Å²) in [7, 11) is 0. The van der Waals surface area contributed by atoms with Crippen LogP contribution in [0.4, 0.5) is 0 Å². The highest BCUT2D eigenvalue weighted by molar-refractivity contribution is 5.93. The van der Waals surface area contributed by atoms with Crippen molar-refractivity contribution in [3.8, 4) is 11.3 Å². The molecule has 2 N–H and O–H groups in total. The Labute approximate surface area is 110 Å². The van der Waals surface area contributed by atoms with Gasteiger partial charge < -0.3 is 10.3 Å². The molecule has 2 heterocycles. The molecule has 0 bridgehead atoms. The summed E-state index contributed by atoms with van der Waals surface area (Å²) in [6.07, 6.45) is 4.79. The van der Waals surface area contributed by atoms with Crippen molar-refractivity contribution >= 4 is 5.91 Å². The predicted octanol–water partition coefficient (Wildman–Crippen LogP) is 1.59. The average Bonchev–Trinajstić information content (AvgIpc) is 2.39. The SMILES string of the molecule is CC(C)n1cc(C(N)=O)c(=O)c(-c2ccccn2)c1. The Morgan fingerprint density at radius 1 is 1.32 bits per heavy atom. The van der Waals surface area contributed by atoms with Crippen molar-refractivity contribution in [2.75, 3.05) is 0 Å². The van der Waals surface area contributed by atoms with E-state index in [1.807, 2.05) is 13.8 Å².